The predicted octanol–water partition coefficient (Wildman–Crippen LogP) is 2.59. The van der Waals surface area contributed by atoms with Crippen LogP contribution in [0.2, 0.25) is 0 Å². The van der Waals surface area contributed by atoms with Gasteiger partial charge in [-0.1, -0.05) is 18.2 Å². The highest BCUT2D eigenvalue weighted by Crippen LogP contribution is 2.23. The van der Waals surface area contributed by atoms with Gasteiger partial charge >= 0.3 is 0 Å². The minimum absolute atomic E-state index is 0.165. The molecule has 0 radical (unpaired) electrons. The molecule has 0 fully saturated rings. The molecule has 66 valence electrons. The second kappa shape index (κ2) is 3.50. The van der Waals surface area contributed by atoms with Gasteiger partial charge in [-0.25, -0.2) is 0 Å². The zero-order valence-corrected chi connectivity index (χ0v) is 8.52. The Labute approximate surface area is 77.0 Å². The Hall–Kier alpha value is -0.470. The van der Waals surface area contributed by atoms with Gasteiger partial charge in [-0.2, -0.15) is 0 Å². The van der Waals surface area contributed by atoms with Crippen LogP contribution in [0.5, 0.6) is 0 Å². The summed E-state index contributed by atoms with van der Waals surface area (Å²) >= 11 is -0.901. The average molecular weight is 182 g/mol. The van der Waals surface area contributed by atoms with E-state index in [2.05, 4.69) is 0 Å². The molecule has 1 aromatic rings. The van der Waals surface area contributed by atoms with Crippen molar-refractivity contribution < 1.29 is 4.55 Å². The van der Waals surface area contributed by atoms with Gasteiger partial charge in [-0.3, -0.25) is 0 Å². The quantitative estimate of drug-likeness (QED) is 0.612. The van der Waals surface area contributed by atoms with Crippen LogP contribution in [0.25, 0.3) is 0 Å². The van der Waals surface area contributed by atoms with Crippen LogP contribution in [0.15, 0.2) is 35.2 Å². The molecule has 0 amide bonds. The van der Waals surface area contributed by atoms with E-state index >= 15 is 0 Å². The Bertz CT molecular complexity index is 238. The Balaban J connectivity index is 2.86. The molecule has 0 N–H and O–H groups in total. The molecule has 1 unspecified atom stereocenters. The minimum atomic E-state index is -0.901. The predicted molar refractivity (Wildman–Crippen MR) is 52.6 cm³/mol. The van der Waals surface area contributed by atoms with E-state index in [9.17, 15) is 4.55 Å². The molecule has 0 saturated carbocycles. The maximum absolute atomic E-state index is 11.8. The lowest BCUT2D eigenvalue weighted by atomic mass is 10.3. The van der Waals surface area contributed by atoms with Crippen molar-refractivity contribution in [2.24, 2.45) is 0 Å². The molecule has 0 aliphatic carbocycles. The highest BCUT2D eigenvalue weighted by Gasteiger charge is 2.27. The molecule has 1 nitrogen and oxygen atoms in total. The van der Waals surface area contributed by atoms with Gasteiger partial charge in [0.1, 0.15) is 4.75 Å². The van der Waals surface area contributed by atoms with Crippen molar-refractivity contribution in [1.82, 2.24) is 0 Å². The lowest BCUT2D eigenvalue weighted by molar-refractivity contribution is 0.559. The molecule has 1 aromatic carbocycles. The number of rotatable bonds is 1. The van der Waals surface area contributed by atoms with Gasteiger partial charge in [0, 0.05) is 0 Å². The first kappa shape index (κ1) is 9.62. The molecule has 0 heterocycles. The zero-order chi connectivity index (χ0) is 9.19. The van der Waals surface area contributed by atoms with E-state index in [0.29, 0.717) is 0 Å². The van der Waals surface area contributed by atoms with Crippen LogP contribution < -0.4 is 0 Å². The van der Waals surface area contributed by atoms with Crippen molar-refractivity contribution in [3.8, 4) is 0 Å². The van der Waals surface area contributed by atoms with Gasteiger partial charge in [-0.15, -0.1) is 0 Å². The van der Waals surface area contributed by atoms with E-state index in [1.807, 2.05) is 51.1 Å². The van der Waals surface area contributed by atoms with Crippen LogP contribution in [0.3, 0.4) is 0 Å². The summed E-state index contributed by atoms with van der Waals surface area (Å²) < 4.78 is 11.6. The first-order chi connectivity index (χ1) is 5.52. The van der Waals surface area contributed by atoms with E-state index in [1.165, 1.54) is 0 Å². The third-order valence-electron chi connectivity index (χ3n) is 1.51. The highest BCUT2D eigenvalue weighted by molar-refractivity contribution is 7.92. The summed E-state index contributed by atoms with van der Waals surface area (Å²) in [5.74, 6) is 0. The molecule has 0 aliphatic rings. The summed E-state index contributed by atoms with van der Waals surface area (Å²) in [5.41, 5.74) is 0. The largest absolute Gasteiger partial charge is 0.611 e. The van der Waals surface area contributed by atoms with Crippen LogP contribution >= 0.6 is 0 Å². The fourth-order valence-corrected chi connectivity index (χ4v) is 2.01. The number of hydrogen-bond acceptors (Lipinski definition) is 1. The topological polar surface area (TPSA) is 23.1 Å². The first-order valence-corrected chi connectivity index (χ1v) is 5.14. The standard InChI is InChI=1S/C10H14OS/c1-10(2,3)12(11)9-7-5-4-6-8-9/h4-8H,1-3H3. The molecule has 1 rings (SSSR count). The van der Waals surface area contributed by atoms with Crippen molar-refractivity contribution >= 4 is 11.2 Å². The van der Waals surface area contributed by atoms with Crippen molar-refractivity contribution in [3.05, 3.63) is 30.3 Å². The lowest BCUT2D eigenvalue weighted by Crippen LogP contribution is -2.27. The molecule has 1 atom stereocenters. The molecule has 0 aliphatic heterocycles. The summed E-state index contributed by atoms with van der Waals surface area (Å²) in [5, 5.41) is 0. The monoisotopic (exact) mass is 182 g/mol. The fraction of sp³-hybridized carbons (Fsp3) is 0.400. The Morgan fingerprint density at radius 2 is 1.58 bits per heavy atom. The SMILES string of the molecule is CC(C)(C)[S+]([O-])c1ccccc1. The van der Waals surface area contributed by atoms with Crippen LogP contribution in [0, 0.1) is 0 Å². The third-order valence-corrected chi connectivity index (χ3v) is 3.33. The van der Waals surface area contributed by atoms with Crippen molar-refractivity contribution in [2.75, 3.05) is 0 Å². The van der Waals surface area contributed by atoms with Gasteiger partial charge in [0.15, 0.2) is 4.90 Å². The maximum Gasteiger partial charge on any atom is 0.153 e. The minimum Gasteiger partial charge on any atom is -0.611 e. The Morgan fingerprint density at radius 3 is 2.00 bits per heavy atom. The number of benzene rings is 1. The first-order valence-electron chi connectivity index (χ1n) is 3.99. The average Bonchev–Trinajstić information content (AvgIpc) is 2.03. The summed E-state index contributed by atoms with van der Waals surface area (Å²) in [6.45, 7) is 5.95. The smallest absolute Gasteiger partial charge is 0.153 e. The van der Waals surface area contributed by atoms with Gasteiger partial charge in [0.25, 0.3) is 0 Å². The van der Waals surface area contributed by atoms with Crippen LogP contribution in [0.1, 0.15) is 20.8 Å². The van der Waals surface area contributed by atoms with Gasteiger partial charge < -0.3 is 4.55 Å². The van der Waals surface area contributed by atoms with E-state index in [1.54, 1.807) is 0 Å². The van der Waals surface area contributed by atoms with Gasteiger partial charge in [-0.05, 0) is 44.1 Å². The molecule has 0 bridgehead atoms. The van der Waals surface area contributed by atoms with E-state index in [-0.39, 0.29) is 4.75 Å². The van der Waals surface area contributed by atoms with E-state index in [0.717, 1.165) is 4.90 Å². The third kappa shape index (κ3) is 2.26. The summed E-state index contributed by atoms with van der Waals surface area (Å²) in [6.07, 6.45) is 0. The molecule has 12 heavy (non-hydrogen) atoms. The van der Waals surface area contributed by atoms with Gasteiger partial charge in [0.05, 0.1) is 0 Å². The van der Waals surface area contributed by atoms with Gasteiger partial charge in [0.2, 0.25) is 0 Å². The van der Waals surface area contributed by atoms with Crippen LogP contribution in [-0.2, 0) is 11.2 Å². The molecular weight excluding hydrogens is 168 g/mol. The Morgan fingerprint density at radius 1 is 1.08 bits per heavy atom. The summed E-state index contributed by atoms with van der Waals surface area (Å²) in [4.78, 5) is 0.907. The van der Waals surface area contributed by atoms with E-state index in [4.69, 9.17) is 0 Å². The molecule has 0 spiro atoms. The second-order valence-electron chi connectivity index (χ2n) is 3.69. The van der Waals surface area contributed by atoms with Crippen molar-refractivity contribution in [1.29, 1.82) is 0 Å². The van der Waals surface area contributed by atoms with Crippen molar-refractivity contribution in [3.63, 3.8) is 0 Å². The van der Waals surface area contributed by atoms with Crippen molar-refractivity contribution in [2.45, 2.75) is 30.4 Å². The highest BCUT2D eigenvalue weighted by atomic mass is 32.2. The zero-order valence-electron chi connectivity index (χ0n) is 7.70. The lowest BCUT2D eigenvalue weighted by Gasteiger charge is -2.23. The molecule has 0 aromatic heterocycles. The maximum atomic E-state index is 11.8. The molecule has 0 saturated heterocycles. The second-order valence-corrected chi connectivity index (χ2v) is 5.93. The summed E-state index contributed by atoms with van der Waals surface area (Å²) in [6, 6.07) is 9.57. The number of hydrogen-bond donors (Lipinski definition) is 0. The molecule has 2 heteroatoms. The normalized spacial score (nSPS) is 14.3. The fourth-order valence-electron chi connectivity index (χ4n) is 0.898. The Kier molecular flexibility index (Phi) is 2.80. The van der Waals surface area contributed by atoms with E-state index < -0.39 is 11.2 Å². The van der Waals surface area contributed by atoms with Crippen LogP contribution in [-0.4, -0.2) is 9.30 Å². The molecular formula is C10H14OS. The van der Waals surface area contributed by atoms with Crippen LogP contribution in [0.4, 0.5) is 0 Å². The summed E-state index contributed by atoms with van der Waals surface area (Å²) in [7, 11) is 0.